The molecule has 0 N–H and O–H groups in total. The predicted octanol–water partition coefficient (Wildman–Crippen LogP) is 4.19. The molecule has 0 aliphatic heterocycles. The Balaban J connectivity index is 3.02. The van der Waals surface area contributed by atoms with E-state index in [1.165, 1.54) is 6.07 Å². The van der Waals surface area contributed by atoms with Crippen LogP contribution in [0.15, 0.2) is 18.2 Å². The summed E-state index contributed by atoms with van der Waals surface area (Å²) in [5, 5.41) is 0.109. The van der Waals surface area contributed by atoms with E-state index in [0.29, 0.717) is 5.75 Å². The number of halogens is 1. The van der Waals surface area contributed by atoms with Crippen molar-refractivity contribution in [3.05, 3.63) is 29.6 Å². The van der Waals surface area contributed by atoms with Gasteiger partial charge in [-0.2, -0.15) is 0 Å². The summed E-state index contributed by atoms with van der Waals surface area (Å²) >= 11 is 0. The fraction of sp³-hybridized carbons (Fsp3) is 0.429. The van der Waals surface area contributed by atoms with Gasteiger partial charge in [0.15, 0.2) is 0 Å². The normalized spacial score (nSPS) is 12.1. The molecule has 0 aliphatic rings. The van der Waals surface area contributed by atoms with Crippen LogP contribution in [0.2, 0.25) is 18.1 Å². The zero-order valence-electron chi connectivity index (χ0n) is 11.1. The Labute approximate surface area is 104 Å². The molecule has 0 saturated heterocycles. The van der Waals surface area contributed by atoms with Gasteiger partial charge in [-0.3, -0.25) is 0 Å². The number of hydrogen-bond acceptors (Lipinski definition) is 1. The minimum absolute atomic E-state index is 0.109. The molecular weight excluding hydrogens is 231 g/mol. The SMILES string of the molecule is C#Cc1cc(O[Si](C)(C)C(C)(C)C)ccc1F. The van der Waals surface area contributed by atoms with Gasteiger partial charge in [-0.05, 0) is 36.3 Å². The molecule has 17 heavy (non-hydrogen) atoms. The van der Waals surface area contributed by atoms with Crippen LogP contribution in [0.3, 0.4) is 0 Å². The van der Waals surface area contributed by atoms with E-state index in [4.69, 9.17) is 10.8 Å². The molecule has 1 aromatic carbocycles. The summed E-state index contributed by atoms with van der Waals surface area (Å²) in [7, 11) is -1.89. The summed E-state index contributed by atoms with van der Waals surface area (Å²) in [4.78, 5) is 0. The fourth-order valence-electron chi connectivity index (χ4n) is 1.13. The number of hydrogen-bond donors (Lipinski definition) is 0. The fourth-order valence-corrected chi connectivity index (χ4v) is 2.15. The van der Waals surface area contributed by atoms with Crippen LogP contribution < -0.4 is 4.43 Å². The zero-order chi connectivity index (χ0) is 13.3. The standard InChI is InChI=1S/C14H19FOSi/c1-7-11-10-12(8-9-13(11)15)16-17(5,6)14(2,3)4/h1,8-10H,2-6H3. The third kappa shape index (κ3) is 3.10. The molecular formula is C14H19FOSi. The Morgan fingerprint density at radius 1 is 1.29 bits per heavy atom. The van der Waals surface area contributed by atoms with Crippen molar-refractivity contribution in [3.8, 4) is 18.1 Å². The summed E-state index contributed by atoms with van der Waals surface area (Å²) in [5.41, 5.74) is 0.251. The molecule has 0 unspecified atom stereocenters. The van der Waals surface area contributed by atoms with Crippen molar-refractivity contribution in [2.45, 2.75) is 38.9 Å². The lowest BCUT2D eigenvalue weighted by molar-refractivity contribution is 0.490. The molecule has 0 radical (unpaired) electrons. The van der Waals surface area contributed by atoms with Crippen LogP contribution >= 0.6 is 0 Å². The van der Waals surface area contributed by atoms with E-state index in [0.717, 1.165) is 0 Å². The van der Waals surface area contributed by atoms with E-state index in [-0.39, 0.29) is 16.4 Å². The zero-order valence-corrected chi connectivity index (χ0v) is 12.1. The van der Waals surface area contributed by atoms with Gasteiger partial charge < -0.3 is 4.43 Å². The average molecular weight is 250 g/mol. The summed E-state index contributed by atoms with van der Waals surface area (Å²) in [6.45, 7) is 10.8. The third-order valence-electron chi connectivity index (χ3n) is 3.27. The Morgan fingerprint density at radius 2 is 1.88 bits per heavy atom. The third-order valence-corrected chi connectivity index (χ3v) is 7.63. The Bertz CT molecular complexity index is 452. The average Bonchev–Trinajstić information content (AvgIpc) is 2.19. The first kappa shape index (κ1) is 13.8. The molecule has 0 aromatic heterocycles. The molecule has 0 aliphatic carbocycles. The minimum Gasteiger partial charge on any atom is -0.543 e. The summed E-state index contributed by atoms with van der Waals surface area (Å²) in [6, 6.07) is 4.59. The first-order chi connectivity index (χ1) is 7.67. The Hall–Kier alpha value is -1.27. The van der Waals surface area contributed by atoms with Crippen LogP contribution in [-0.2, 0) is 0 Å². The van der Waals surface area contributed by atoms with Crippen LogP contribution in [0.4, 0.5) is 4.39 Å². The molecule has 0 spiro atoms. The van der Waals surface area contributed by atoms with Crippen molar-refractivity contribution >= 4 is 8.32 Å². The largest absolute Gasteiger partial charge is 0.543 e. The number of rotatable bonds is 2. The van der Waals surface area contributed by atoms with Gasteiger partial charge in [-0.25, -0.2) is 4.39 Å². The maximum atomic E-state index is 13.3. The van der Waals surface area contributed by atoms with Gasteiger partial charge in [0.2, 0.25) is 8.32 Å². The van der Waals surface area contributed by atoms with Crippen LogP contribution in [0.1, 0.15) is 26.3 Å². The summed E-state index contributed by atoms with van der Waals surface area (Å²) < 4.78 is 19.3. The molecule has 0 fully saturated rings. The Morgan fingerprint density at radius 3 is 2.35 bits per heavy atom. The molecule has 3 heteroatoms. The number of benzene rings is 1. The van der Waals surface area contributed by atoms with Gasteiger partial charge >= 0.3 is 0 Å². The van der Waals surface area contributed by atoms with E-state index < -0.39 is 8.32 Å². The van der Waals surface area contributed by atoms with Crippen LogP contribution in [-0.4, -0.2) is 8.32 Å². The summed E-state index contributed by atoms with van der Waals surface area (Å²) in [5.74, 6) is 2.60. The number of terminal acetylenes is 1. The highest BCUT2D eigenvalue weighted by atomic mass is 28.4. The Kier molecular flexibility index (Phi) is 3.68. The monoisotopic (exact) mass is 250 g/mol. The first-order valence-electron chi connectivity index (χ1n) is 5.62. The lowest BCUT2D eigenvalue weighted by Gasteiger charge is -2.36. The van der Waals surface area contributed by atoms with Crippen molar-refractivity contribution in [3.63, 3.8) is 0 Å². The highest BCUT2D eigenvalue weighted by Crippen LogP contribution is 2.37. The highest BCUT2D eigenvalue weighted by Gasteiger charge is 2.38. The van der Waals surface area contributed by atoms with Crippen LogP contribution in [0.25, 0.3) is 0 Å². The van der Waals surface area contributed by atoms with E-state index in [2.05, 4.69) is 39.8 Å². The van der Waals surface area contributed by atoms with Crippen molar-refractivity contribution in [2.24, 2.45) is 0 Å². The van der Waals surface area contributed by atoms with Crippen molar-refractivity contribution < 1.29 is 8.82 Å². The van der Waals surface area contributed by atoms with Crippen LogP contribution in [0, 0.1) is 18.2 Å². The molecule has 0 atom stereocenters. The molecule has 0 bridgehead atoms. The molecule has 0 saturated carbocycles. The van der Waals surface area contributed by atoms with Crippen LogP contribution in [0.5, 0.6) is 5.75 Å². The molecule has 92 valence electrons. The molecule has 1 rings (SSSR count). The second-order valence-electron chi connectivity index (χ2n) is 5.65. The van der Waals surface area contributed by atoms with E-state index in [9.17, 15) is 4.39 Å². The molecule has 0 heterocycles. The predicted molar refractivity (Wildman–Crippen MR) is 72.2 cm³/mol. The topological polar surface area (TPSA) is 9.23 Å². The minimum atomic E-state index is -1.89. The lowest BCUT2D eigenvalue weighted by Crippen LogP contribution is -2.43. The van der Waals surface area contributed by atoms with Gasteiger partial charge in [0.1, 0.15) is 11.6 Å². The van der Waals surface area contributed by atoms with Gasteiger partial charge in [0.05, 0.1) is 5.56 Å². The van der Waals surface area contributed by atoms with Gasteiger partial charge in [-0.15, -0.1) is 6.42 Å². The maximum Gasteiger partial charge on any atom is 0.250 e. The van der Waals surface area contributed by atoms with Gasteiger partial charge in [0, 0.05) is 0 Å². The molecule has 1 nitrogen and oxygen atoms in total. The van der Waals surface area contributed by atoms with E-state index >= 15 is 0 Å². The highest BCUT2D eigenvalue weighted by molar-refractivity contribution is 6.74. The molecule has 0 amide bonds. The lowest BCUT2D eigenvalue weighted by atomic mass is 10.2. The smallest absolute Gasteiger partial charge is 0.250 e. The van der Waals surface area contributed by atoms with Gasteiger partial charge in [-0.1, -0.05) is 26.7 Å². The van der Waals surface area contributed by atoms with Crippen molar-refractivity contribution in [2.75, 3.05) is 0 Å². The molecule has 1 aromatic rings. The van der Waals surface area contributed by atoms with Gasteiger partial charge in [0.25, 0.3) is 0 Å². The van der Waals surface area contributed by atoms with Crippen molar-refractivity contribution in [1.82, 2.24) is 0 Å². The van der Waals surface area contributed by atoms with E-state index in [1.807, 2.05) is 0 Å². The summed E-state index contributed by atoms with van der Waals surface area (Å²) in [6.07, 6.45) is 5.23. The van der Waals surface area contributed by atoms with E-state index in [1.54, 1.807) is 12.1 Å². The maximum absolute atomic E-state index is 13.3. The van der Waals surface area contributed by atoms with Crippen molar-refractivity contribution in [1.29, 1.82) is 0 Å². The first-order valence-corrected chi connectivity index (χ1v) is 8.53. The quantitative estimate of drug-likeness (QED) is 0.565. The second-order valence-corrected chi connectivity index (χ2v) is 10.4. The second kappa shape index (κ2) is 4.54.